The van der Waals surface area contributed by atoms with Crippen LogP contribution in [0.4, 0.5) is 0 Å². The minimum atomic E-state index is -0.205. The number of ether oxygens (including phenoxy) is 2. The van der Waals surface area contributed by atoms with Gasteiger partial charge in [0.1, 0.15) is 5.75 Å². The number of carbonyl (C=O) groups is 2. The van der Waals surface area contributed by atoms with Gasteiger partial charge < -0.3 is 14.8 Å². The maximum absolute atomic E-state index is 11.8. The van der Waals surface area contributed by atoms with Gasteiger partial charge in [0, 0.05) is 25.1 Å². The van der Waals surface area contributed by atoms with Crippen LogP contribution in [0.2, 0.25) is 0 Å². The third-order valence-corrected chi connectivity index (χ3v) is 3.43. The monoisotopic (exact) mass is 291 g/mol. The molecule has 0 radical (unpaired) electrons. The van der Waals surface area contributed by atoms with Crippen LogP contribution in [0, 0.1) is 0 Å². The Labute approximate surface area is 124 Å². The largest absolute Gasteiger partial charge is 0.484 e. The first-order valence-electron chi connectivity index (χ1n) is 7.17. The summed E-state index contributed by atoms with van der Waals surface area (Å²) in [4.78, 5) is 23.5. The standard InChI is InChI=1S/C16H21NO4/c1-11(9-20-2)17-16(19)10-21-13-7-6-12-4-3-5-15(18)14(12)8-13/h6-8,11H,3-5,9-10H2,1-2H3,(H,17,19). The molecular formula is C16H21NO4. The van der Waals surface area contributed by atoms with Gasteiger partial charge in [0.05, 0.1) is 6.61 Å². The number of hydrogen-bond acceptors (Lipinski definition) is 4. The maximum atomic E-state index is 11.8. The second-order valence-electron chi connectivity index (χ2n) is 5.31. The first-order chi connectivity index (χ1) is 10.1. The van der Waals surface area contributed by atoms with Crippen LogP contribution >= 0.6 is 0 Å². The molecule has 0 heterocycles. The van der Waals surface area contributed by atoms with Gasteiger partial charge >= 0.3 is 0 Å². The van der Waals surface area contributed by atoms with Crippen LogP contribution in [-0.4, -0.2) is 38.1 Å². The van der Waals surface area contributed by atoms with Gasteiger partial charge in [0.25, 0.3) is 5.91 Å². The van der Waals surface area contributed by atoms with Crippen LogP contribution in [0.25, 0.3) is 0 Å². The van der Waals surface area contributed by atoms with Gasteiger partial charge in [-0.05, 0) is 37.5 Å². The van der Waals surface area contributed by atoms with Crippen molar-refractivity contribution in [3.8, 4) is 5.75 Å². The van der Waals surface area contributed by atoms with Crippen molar-refractivity contribution in [2.24, 2.45) is 0 Å². The van der Waals surface area contributed by atoms with Crippen molar-refractivity contribution in [3.63, 3.8) is 0 Å². The molecule has 114 valence electrons. The summed E-state index contributed by atoms with van der Waals surface area (Å²) in [7, 11) is 1.59. The van der Waals surface area contributed by atoms with Crippen LogP contribution < -0.4 is 10.1 Å². The van der Waals surface area contributed by atoms with Crippen LogP contribution in [-0.2, 0) is 16.0 Å². The fraction of sp³-hybridized carbons (Fsp3) is 0.500. The molecule has 1 N–H and O–H groups in total. The normalized spacial score (nSPS) is 15.2. The van der Waals surface area contributed by atoms with Crippen molar-refractivity contribution in [3.05, 3.63) is 29.3 Å². The molecule has 5 heteroatoms. The second-order valence-corrected chi connectivity index (χ2v) is 5.31. The van der Waals surface area contributed by atoms with Gasteiger partial charge in [-0.1, -0.05) is 6.07 Å². The van der Waals surface area contributed by atoms with E-state index in [1.807, 2.05) is 19.1 Å². The average Bonchev–Trinajstić information content (AvgIpc) is 2.46. The minimum absolute atomic E-state index is 0.0591. The summed E-state index contributed by atoms with van der Waals surface area (Å²) < 4.78 is 10.4. The van der Waals surface area contributed by atoms with E-state index in [-0.39, 0.29) is 24.3 Å². The Morgan fingerprint density at radius 3 is 2.95 bits per heavy atom. The number of Topliss-reactive ketones (excluding diaryl/α,β-unsaturated/α-hetero) is 1. The lowest BCUT2D eigenvalue weighted by molar-refractivity contribution is -0.124. The van der Waals surface area contributed by atoms with E-state index in [2.05, 4.69) is 5.32 Å². The summed E-state index contributed by atoms with van der Waals surface area (Å²) in [6.45, 7) is 2.25. The van der Waals surface area contributed by atoms with Crippen molar-refractivity contribution in [2.75, 3.05) is 20.3 Å². The molecule has 0 aromatic heterocycles. The molecule has 0 aliphatic heterocycles. The highest BCUT2D eigenvalue weighted by atomic mass is 16.5. The van der Waals surface area contributed by atoms with Crippen molar-refractivity contribution >= 4 is 11.7 Å². The summed E-state index contributed by atoms with van der Waals surface area (Å²) in [5.41, 5.74) is 1.80. The highest BCUT2D eigenvalue weighted by Crippen LogP contribution is 2.25. The van der Waals surface area contributed by atoms with Crippen LogP contribution in [0.1, 0.15) is 35.7 Å². The Hall–Kier alpha value is -1.88. The summed E-state index contributed by atoms with van der Waals surface area (Å²) in [6.07, 6.45) is 2.42. The number of hydrogen-bond donors (Lipinski definition) is 1. The van der Waals surface area contributed by atoms with Gasteiger partial charge in [-0.3, -0.25) is 9.59 Å². The molecule has 1 aromatic carbocycles. The molecular weight excluding hydrogens is 270 g/mol. The van der Waals surface area contributed by atoms with Crippen LogP contribution in [0.15, 0.2) is 18.2 Å². The highest BCUT2D eigenvalue weighted by Gasteiger charge is 2.17. The van der Waals surface area contributed by atoms with Gasteiger partial charge in [-0.25, -0.2) is 0 Å². The lowest BCUT2D eigenvalue weighted by atomic mass is 9.90. The Balaban J connectivity index is 1.90. The lowest BCUT2D eigenvalue weighted by Crippen LogP contribution is -2.38. The Morgan fingerprint density at radius 1 is 1.38 bits per heavy atom. The molecule has 1 aliphatic carbocycles. The molecule has 0 bridgehead atoms. The van der Waals surface area contributed by atoms with Crippen molar-refractivity contribution < 1.29 is 19.1 Å². The predicted octanol–water partition coefficient (Wildman–Crippen LogP) is 1.74. The topological polar surface area (TPSA) is 64.6 Å². The maximum Gasteiger partial charge on any atom is 0.258 e. The summed E-state index contributed by atoms with van der Waals surface area (Å²) >= 11 is 0. The van der Waals surface area contributed by atoms with E-state index in [1.54, 1.807) is 13.2 Å². The van der Waals surface area contributed by atoms with Crippen molar-refractivity contribution in [2.45, 2.75) is 32.2 Å². The third-order valence-electron chi connectivity index (χ3n) is 3.43. The molecule has 0 saturated carbocycles. The first-order valence-corrected chi connectivity index (χ1v) is 7.17. The molecule has 5 nitrogen and oxygen atoms in total. The minimum Gasteiger partial charge on any atom is -0.484 e. The Morgan fingerprint density at radius 2 is 2.19 bits per heavy atom. The van der Waals surface area contributed by atoms with E-state index in [0.29, 0.717) is 18.8 Å². The predicted molar refractivity (Wildman–Crippen MR) is 78.7 cm³/mol. The number of ketones is 1. The summed E-state index contributed by atoms with van der Waals surface area (Å²) in [6, 6.07) is 5.40. The smallest absolute Gasteiger partial charge is 0.258 e. The number of benzene rings is 1. The molecule has 1 amide bonds. The number of carbonyl (C=O) groups excluding carboxylic acids is 2. The zero-order valence-electron chi connectivity index (χ0n) is 12.5. The van der Waals surface area contributed by atoms with Crippen LogP contribution in [0.5, 0.6) is 5.75 Å². The molecule has 21 heavy (non-hydrogen) atoms. The number of methoxy groups -OCH3 is 1. The van der Waals surface area contributed by atoms with Gasteiger partial charge in [-0.2, -0.15) is 0 Å². The summed E-state index contributed by atoms with van der Waals surface area (Å²) in [5.74, 6) is 0.502. The van der Waals surface area contributed by atoms with E-state index in [9.17, 15) is 9.59 Å². The molecule has 0 saturated heterocycles. The molecule has 1 aliphatic rings. The fourth-order valence-corrected chi connectivity index (χ4v) is 2.45. The van der Waals surface area contributed by atoms with E-state index in [4.69, 9.17) is 9.47 Å². The molecule has 0 spiro atoms. The molecule has 0 fully saturated rings. The van der Waals surface area contributed by atoms with E-state index < -0.39 is 0 Å². The first kappa shape index (κ1) is 15.5. The van der Waals surface area contributed by atoms with Crippen molar-refractivity contribution in [1.82, 2.24) is 5.32 Å². The van der Waals surface area contributed by atoms with Gasteiger partial charge in [-0.15, -0.1) is 0 Å². The zero-order chi connectivity index (χ0) is 15.2. The lowest BCUT2D eigenvalue weighted by Gasteiger charge is -2.16. The Bertz CT molecular complexity index is 527. The molecule has 1 aromatic rings. The Kier molecular flexibility index (Phi) is 5.33. The van der Waals surface area contributed by atoms with Crippen LogP contribution in [0.3, 0.4) is 0 Å². The fourth-order valence-electron chi connectivity index (χ4n) is 2.45. The van der Waals surface area contributed by atoms with E-state index in [0.717, 1.165) is 24.0 Å². The number of amides is 1. The number of nitrogens with one attached hydrogen (secondary N) is 1. The summed E-state index contributed by atoms with van der Waals surface area (Å²) in [5, 5.41) is 2.77. The number of rotatable bonds is 6. The molecule has 2 rings (SSSR count). The van der Waals surface area contributed by atoms with Gasteiger partial charge in [0.15, 0.2) is 12.4 Å². The molecule has 1 unspecified atom stereocenters. The third kappa shape index (κ3) is 4.29. The second kappa shape index (κ2) is 7.22. The van der Waals surface area contributed by atoms with E-state index in [1.165, 1.54) is 0 Å². The number of fused-ring (bicyclic) bond motifs is 1. The quantitative estimate of drug-likeness (QED) is 0.867. The van der Waals surface area contributed by atoms with Gasteiger partial charge in [0.2, 0.25) is 0 Å². The molecule has 1 atom stereocenters. The number of aryl methyl sites for hydroxylation is 1. The average molecular weight is 291 g/mol. The highest BCUT2D eigenvalue weighted by molar-refractivity contribution is 5.98. The van der Waals surface area contributed by atoms with Crippen molar-refractivity contribution in [1.29, 1.82) is 0 Å². The van der Waals surface area contributed by atoms with E-state index >= 15 is 0 Å². The zero-order valence-corrected chi connectivity index (χ0v) is 12.5. The SMILES string of the molecule is COCC(C)NC(=O)COc1ccc2c(c1)C(=O)CCC2.